The largest absolute Gasteiger partial charge is 0.381 e. The Morgan fingerprint density at radius 2 is 2.03 bits per heavy atom. The molecule has 1 aliphatic rings. The standard InChI is InChI=1S/C25H24FN3O5/c1-14(30)8-9-25(12-34-13-25)11-20(31)23(32)21-15(2)22(29(5)16(21)3)24(33)28-17-6-7-18(26)19(10-17)27-4/h6-7,10,14,30H,11-13H2,1-3,5H3,(H,28,33)/t14-/m1/s1. The van der Waals surface area contributed by atoms with E-state index in [0.717, 1.165) is 6.07 Å². The van der Waals surface area contributed by atoms with Crippen molar-refractivity contribution in [3.63, 3.8) is 0 Å². The van der Waals surface area contributed by atoms with Gasteiger partial charge in [0.1, 0.15) is 17.6 Å². The van der Waals surface area contributed by atoms with Crippen molar-refractivity contribution in [3.05, 3.63) is 57.9 Å². The van der Waals surface area contributed by atoms with Crippen LogP contribution in [0, 0.1) is 43.5 Å². The first kappa shape index (κ1) is 24.8. The number of aliphatic hydroxyl groups excluding tert-OH is 1. The predicted octanol–water partition coefficient (Wildman–Crippen LogP) is 3.13. The van der Waals surface area contributed by atoms with E-state index in [1.807, 2.05) is 0 Å². The van der Waals surface area contributed by atoms with Crippen LogP contribution in [0.5, 0.6) is 0 Å². The summed E-state index contributed by atoms with van der Waals surface area (Å²) in [5, 5.41) is 12.0. The van der Waals surface area contributed by atoms with E-state index in [1.54, 1.807) is 20.9 Å². The second kappa shape index (κ2) is 9.60. The molecule has 0 radical (unpaired) electrons. The fourth-order valence-corrected chi connectivity index (χ4v) is 3.85. The summed E-state index contributed by atoms with van der Waals surface area (Å²) >= 11 is 0. The Kier molecular flexibility index (Phi) is 7.01. The molecular weight excluding hydrogens is 441 g/mol. The molecule has 3 rings (SSSR count). The molecule has 0 saturated carbocycles. The minimum Gasteiger partial charge on any atom is -0.381 e. The third-order valence-corrected chi connectivity index (χ3v) is 5.75. The zero-order valence-electron chi connectivity index (χ0n) is 19.3. The summed E-state index contributed by atoms with van der Waals surface area (Å²) in [6.45, 7) is 12.1. The third-order valence-electron chi connectivity index (χ3n) is 5.75. The lowest BCUT2D eigenvalue weighted by Crippen LogP contribution is -2.44. The number of hydrogen-bond acceptors (Lipinski definition) is 5. The number of benzene rings is 1. The van der Waals surface area contributed by atoms with E-state index < -0.39 is 34.8 Å². The van der Waals surface area contributed by atoms with Crippen LogP contribution in [0.25, 0.3) is 4.85 Å². The molecule has 1 aromatic heterocycles. The van der Waals surface area contributed by atoms with E-state index in [2.05, 4.69) is 22.0 Å². The number of anilines is 1. The van der Waals surface area contributed by atoms with Crippen LogP contribution in [0.2, 0.25) is 0 Å². The van der Waals surface area contributed by atoms with E-state index >= 15 is 0 Å². The van der Waals surface area contributed by atoms with E-state index in [9.17, 15) is 23.9 Å². The second-order valence-electron chi connectivity index (χ2n) is 8.37. The molecule has 0 aliphatic carbocycles. The maximum absolute atomic E-state index is 13.6. The summed E-state index contributed by atoms with van der Waals surface area (Å²) in [6, 6.07) is 3.63. The highest BCUT2D eigenvalue weighted by Gasteiger charge is 2.41. The van der Waals surface area contributed by atoms with Gasteiger partial charge in [0.05, 0.1) is 30.8 Å². The Hall–Kier alpha value is -3.79. The summed E-state index contributed by atoms with van der Waals surface area (Å²) in [5.74, 6) is 2.83. The smallest absolute Gasteiger partial charge is 0.272 e. The van der Waals surface area contributed by atoms with Crippen molar-refractivity contribution in [2.24, 2.45) is 12.5 Å². The highest BCUT2D eigenvalue weighted by Crippen LogP contribution is 2.32. The number of ketones is 2. The van der Waals surface area contributed by atoms with Gasteiger partial charge in [-0.25, -0.2) is 9.24 Å². The van der Waals surface area contributed by atoms with Crippen LogP contribution in [0.3, 0.4) is 0 Å². The number of nitrogens with one attached hydrogen (secondary N) is 1. The fourth-order valence-electron chi connectivity index (χ4n) is 3.85. The zero-order chi connectivity index (χ0) is 25.2. The van der Waals surface area contributed by atoms with Crippen molar-refractivity contribution in [2.75, 3.05) is 18.5 Å². The Bertz CT molecular complexity index is 1290. The van der Waals surface area contributed by atoms with Gasteiger partial charge in [-0.2, -0.15) is 0 Å². The number of Topliss-reactive ketones (excluding diaryl/α,β-unsaturated/α-hetero) is 2. The lowest BCUT2D eigenvalue weighted by atomic mass is 9.80. The van der Waals surface area contributed by atoms with Crippen molar-refractivity contribution in [1.29, 1.82) is 0 Å². The van der Waals surface area contributed by atoms with E-state index in [1.165, 1.54) is 23.6 Å². The number of aliphatic hydroxyl groups is 1. The average Bonchev–Trinajstić information content (AvgIpc) is 2.98. The number of hydrogen-bond donors (Lipinski definition) is 2. The molecule has 1 aliphatic heterocycles. The van der Waals surface area contributed by atoms with E-state index in [4.69, 9.17) is 11.3 Å². The van der Waals surface area contributed by atoms with Crippen molar-refractivity contribution < 1.29 is 28.6 Å². The molecule has 34 heavy (non-hydrogen) atoms. The molecule has 2 aromatic rings. The van der Waals surface area contributed by atoms with Crippen molar-refractivity contribution in [1.82, 2.24) is 4.57 Å². The molecule has 0 spiro atoms. The number of carbonyl (C=O) groups is 3. The Morgan fingerprint density at radius 1 is 1.35 bits per heavy atom. The van der Waals surface area contributed by atoms with Gasteiger partial charge in [-0.3, -0.25) is 14.4 Å². The van der Waals surface area contributed by atoms with Gasteiger partial charge in [0.15, 0.2) is 0 Å². The first-order valence-corrected chi connectivity index (χ1v) is 10.5. The van der Waals surface area contributed by atoms with Gasteiger partial charge < -0.3 is 19.7 Å². The van der Waals surface area contributed by atoms with Crippen LogP contribution in [0.4, 0.5) is 15.8 Å². The summed E-state index contributed by atoms with van der Waals surface area (Å²) in [4.78, 5) is 42.0. The average molecular weight is 465 g/mol. The molecule has 1 saturated heterocycles. The van der Waals surface area contributed by atoms with Gasteiger partial charge in [0, 0.05) is 24.8 Å². The van der Waals surface area contributed by atoms with Crippen LogP contribution in [-0.4, -0.2) is 46.5 Å². The van der Waals surface area contributed by atoms with Crippen molar-refractivity contribution in [2.45, 2.75) is 33.3 Å². The van der Waals surface area contributed by atoms with Crippen LogP contribution in [0.15, 0.2) is 18.2 Å². The summed E-state index contributed by atoms with van der Waals surface area (Å²) in [5.41, 5.74) is 0.252. The quantitative estimate of drug-likeness (QED) is 0.295. The maximum Gasteiger partial charge on any atom is 0.272 e. The highest BCUT2D eigenvalue weighted by atomic mass is 19.1. The summed E-state index contributed by atoms with van der Waals surface area (Å²) < 4.78 is 20.3. The Labute approximate surface area is 196 Å². The van der Waals surface area contributed by atoms with Crippen molar-refractivity contribution >= 4 is 28.8 Å². The van der Waals surface area contributed by atoms with E-state index in [-0.39, 0.29) is 42.3 Å². The lowest BCUT2D eigenvalue weighted by Gasteiger charge is -2.36. The van der Waals surface area contributed by atoms with Crippen molar-refractivity contribution in [3.8, 4) is 11.8 Å². The molecule has 1 amide bonds. The number of halogens is 1. The normalized spacial score (nSPS) is 14.7. The van der Waals surface area contributed by atoms with Crippen LogP contribution in [-0.2, 0) is 16.6 Å². The topological polar surface area (TPSA) is 102 Å². The van der Waals surface area contributed by atoms with Crippen LogP contribution >= 0.6 is 0 Å². The number of carbonyl (C=O) groups excluding carboxylic acids is 3. The predicted molar refractivity (Wildman–Crippen MR) is 122 cm³/mol. The van der Waals surface area contributed by atoms with Gasteiger partial charge in [-0.1, -0.05) is 11.8 Å². The SMILES string of the molecule is [C-]#[N+]c1cc(NC(=O)c2c(C)c(C(=O)C(=O)CC3(C#C[C@@H](C)O)COC3)c(C)n2C)ccc1F. The minimum absolute atomic E-state index is 0.137. The lowest BCUT2D eigenvalue weighted by molar-refractivity contribution is -0.126. The number of amides is 1. The number of rotatable bonds is 6. The second-order valence-corrected chi connectivity index (χ2v) is 8.37. The minimum atomic E-state index is -0.866. The molecule has 0 bridgehead atoms. The first-order chi connectivity index (χ1) is 16.0. The fraction of sp³-hybridized carbons (Fsp3) is 0.360. The van der Waals surface area contributed by atoms with Gasteiger partial charge in [-0.05, 0) is 44.5 Å². The molecule has 9 heteroatoms. The molecule has 2 heterocycles. The molecule has 8 nitrogen and oxygen atoms in total. The van der Waals surface area contributed by atoms with Gasteiger partial charge >= 0.3 is 0 Å². The Balaban J connectivity index is 1.86. The molecule has 176 valence electrons. The van der Waals surface area contributed by atoms with Crippen LogP contribution in [0.1, 0.15) is 45.4 Å². The molecular formula is C25H24FN3O5. The van der Waals surface area contributed by atoms with Gasteiger partial charge in [-0.15, -0.1) is 0 Å². The molecule has 1 atom stereocenters. The molecule has 1 fully saturated rings. The van der Waals surface area contributed by atoms with Gasteiger partial charge in [0.2, 0.25) is 17.3 Å². The number of ether oxygens (including phenoxy) is 1. The van der Waals surface area contributed by atoms with E-state index in [0.29, 0.717) is 11.3 Å². The monoisotopic (exact) mass is 465 g/mol. The molecule has 1 aromatic carbocycles. The number of aromatic nitrogens is 1. The van der Waals surface area contributed by atoms with Crippen LogP contribution < -0.4 is 5.32 Å². The van der Waals surface area contributed by atoms with Gasteiger partial charge in [0.25, 0.3) is 5.91 Å². The summed E-state index contributed by atoms with van der Waals surface area (Å²) in [6.07, 6.45) is -1.02. The molecule has 0 unspecified atom stereocenters. The zero-order valence-corrected chi connectivity index (χ0v) is 19.3. The molecule has 2 N–H and O–H groups in total. The Morgan fingerprint density at radius 3 is 2.59 bits per heavy atom. The first-order valence-electron chi connectivity index (χ1n) is 10.5. The number of nitrogens with zero attached hydrogens (tertiary/aromatic N) is 2. The summed E-state index contributed by atoms with van der Waals surface area (Å²) in [7, 11) is 1.60. The maximum atomic E-state index is 13.6. The highest BCUT2D eigenvalue weighted by molar-refractivity contribution is 6.44. The third kappa shape index (κ3) is 4.76.